The monoisotopic (exact) mass is 169 g/mol. The van der Waals surface area contributed by atoms with Crippen molar-refractivity contribution in [1.29, 1.82) is 0 Å². The van der Waals surface area contributed by atoms with Gasteiger partial charge in [-0.3, -0.25) is 4.21 Å². The van der Waals surface area contributed by atoms with Crippen molar-refractivity contribution in [3.8, 4) is 0 Å². The van der Waals surface area contributed by atoms with Gasteiger partial charge in [0.05, 0.1) is 0 Å². The molecule has 4 nitrogen and oxygen atoms in total. The van der Waals surface area contributed by atoms with Gasteiger partial charge >= 0.3 is 0 Å². The Labute approximate surface area is 62.4 Å². The third kappa shape index (κ3) is 81.0. The predicted molar refractivity (Wildman–Crippen MR) is 44.1 cm³/mol. The zero-order valence-electron chi connectivity index (χ0n) is 5.38. The van der Waals surface area contributed by atoms with Crippen molar-refractivity contribution >= 4 is 28.1 Å². The molecule has 0 bridgehead atoms. The van der Waals surface area contributed by atoms with Crippen LogP contribution >= 0.6 is 12.2 Å². The molecule has 56 valence electrons. The highest BCUT2D eigenvalue weighted by Gasteiger charge is 1.66. The molecule has 5 N–H and O–H groups in total. The Balaban J connectivity index is 0. The lowest BCUT2D eigenvalue weighted by Crippen LogP contribution is -2.34. The summed E-state index contributed by atoms with van der Waals surface area (Å²) in [7, 11) is -0.611. The van der Waals surface area contributed by atoms with E-state index >= 15 is 0 Å². The normalized spacial score (nSPS) is 7.56. The van der Waals surface area contributed by atoms with Crippen LogP contribution in [0.1, 0.15) is 0 Å². The van der Waals surface area contributed by atoms with E-state index in [1.807, 2.05) is 5.43 Å². The van der Waals surface area contributed by atoms with Gasteiger partial charge in [0, 0.05) is 23.3 Å². The third-order valence-electron chi connectivity index (χ3n) is 0.142. The van der Waals surface area contributed by atoms with Gasteiger partial charge in [-0.15, -0.1) is 0 Å². The Hall–Kier alpha value is -0.200. The van der Waals surface area contributed by atoms with Crippen molar-refractivity contribution in [2.45, 2.75) is 0 Å². The van der Waals surface area contributed by atoms with Crippen LogP contribution in [0.5, 0.6) is 0 Å². The fraction of sp³-hybridized carbons (Fsp3) is 0.667. The highest BCUT2D eigenvalue weighted by Crippen LogP contribution is 1.47. The number of nitrogens with one attached hydrogen (secondary N) is 1. The minimum Gasteiger partial charge on any atom is -0.375 e. The molecule has 0 fully saturated rings. The van der Waals surface area contributed by atoms with Gasteiger partial charge in [-0.05, 0) is 12.2 Å². The molecular formula is C3H11N3OS2. The van der Waals surface area contributed by atoms with Gasteiger partial charge in [0.15, 0.2) is 5.11 Å². The maximum absolute atomic E-state index is 9.56. The summed E-state index contributed by atoms with van der Waals surface area (Å²) in [4.78, 5) is 0. The molecule has 0 heterocycles. The summed E-state index contributed by atoms with van der Waals surface area (Å²) in [6, 6.07) is 0. The second-order valence-electron chi connectivity index (χ2n) is 1.25. The number of hydrogen-bond acceptors (Lipinski definition) is 3. The van der Waals surface area contributed by atoms with Gasteiger partial charge in [-0.25, -0.2) is 5.84 Å². The Morgan fingerprint density at radius 1 is 1.67 bits per heavy atom. The molecule has 0 unspecified atom stereocenters. The third-order valence-corrected chi connectivity index (χ3v) is 0.260. The van der Waals surface area contributed by atoms with E-state index in [4.69, 9.17) is 5.73 Å². The number of nitrogens with two attached hydrogens (primary N) is 2. The summed E-state index contributed by atoms with van der Waals surface area (Å²) in [6.07, 6.45) is 3.28. The van der Waals surface area contributed by atoms with Crippen LogP contribution in [-0.2, 0) is 10.8 Å². The van der Waals surface area contributed by atoms with Gasteiger partial charge in [0.25, 0.3) is 0 Å². The van der Waals surface area contributed by atoms with E-state index in [1.165, 1.54) is 0 Å². The average molecular weight is 169 g/mol. The lowest BCUT2D eigenvalue weighted by Gasteiger charge is -1.85. The Morgan fingerprint density at radius 2 is 1.78 bits per heavy atom. The maximum atomic E-state index is 9.56. The van der Waals surface area contributed by atoms with E-state index in [-0.39, 0.29) is 5.11 Å². The summed E-state index contributed by atoms with van der Waals surface area (Å²) in [5, 5.41) is 0.116. The minimum absolute atomic E-state index is 0.116. The highest BCUT2D eigenvalue weighted by atomic mass is 32.2. The van der Waals surface area contributed by atoms with E-state index in [9.17, 15) is 4.21 Å². The fourth-order valence-electron chi connectivity index (χ4n) is 0. The second kappa shape index (κ2) is 7.80. The molecule has 9 heavy (non-hydrogen) atoms. The topological polar surface area (TPSA) is 81.1 Å². The molecular weight excluding hydrogens is 158 g/mol. The standard InChI is InChI=1S/C2H6OS.CH5N3S/c1-4(2)3;2-1(5)4-3/h1-2H3;3H2,(H3,2,4,5). The molecule has 0 aromatic rings. The van der Waals surface area contributed by atoms with Crippen molar-refractivity contribution in [2.75, 3.05) is 12.5 Å². The molecule has 0 aliphatic carbocycles. The van der Waals surface area contributed by atoms with E-state index in [0.29, 0.717) is 0 Å². The van der Waals surface area contributed by atoms with Crippen molar-refractivity contribution in [3.63, 3.8) is 0 Å². The summed E-state index contributed by atoms with van der Waals surface area (Å²) >= 11 is 4.24. The number of hydrazine groups is 1. The van der Waals surface area contributed by atoms with E-state index < -0.39 is 10.8 Å². The largest absolute Gasteiger partial charge is 0.375 e. The molecule has 0 radical (unpaired) electrons. The lowest BCUT2D eigenvalue weighted by molar-refractivity contribution is 0.690. The van der Waals surface area contributed by atoms with Crippen LogP contribution in [0.2, 0.25) is 0 Å². The van der Waals surface area contributed by atoms with Crippen LogP contribution in [-0.4, -0.2) is 21.8 Å². The predicted octanol–water partition coefficient (Wildman–Crippen LogP) is -1.31. The molecule has 0 spiro atoms. The number of rotatable bonds is 0. The Morgan fingerprint density at radius 3 is 1.78 bits per heavy atom. The first-order valence-electron chi connectivity index (χ1n) is 2.01. The summed E-state index contributed by atoms with van der Waals surface area (Å²) < 4.78 is 9.56. The molecule has 0 atom stereocenters. The van der Waals surface area contributed by atoms with Gasteiger partial charge in [-0.2, -0.15) is 0 Å². The molecule has 6 heteroatoms. The molecule has 0 saturated heterocycles. The van der Waals surface area contributed by atoms with Crippen molar-refractivity contribution in [2.24, 2.45) is 11.6 Å². The second-order valence-corrected chi connectivity index (χ2v) is 3.17. The molecule has 0 aromatic heterocycles. The molecule has 0 aliphatic heterocycles. The molecule has 0 amide bonds. The average Bonchev–Trinajstić information content (AvgIpc) is 1.65. The quantitative estimate of drug-likeness (QED) is 0.238. The highest BCUT2D eigenvalue weighted by molar-refractivity contribution is 7.83. The minimum atomic E-state index is -0.611. The van der Waals surface area contributed by atoms with Gasteiger partial charge in [0.2, 0.25) is 0 Å². The van der Waals surface area contributed by atoms with Crippen LogP contribution in [0.15, 0.2) is 0 Å². The first-order valence-corrected chi connectivity index (χ1v) is 4.39. The SMILES string of the molecule is CS(C)=O.NNC(N)=S. The summed E-state index contributed by atoms with van der Waals surface area (Å²) in [5.41, 5.74) is 6.82. The fourth-order valence-corrected chi connectivity index (χ4v) is 0. The smallest absolute Gasteiger partial charge is 0.177 e. The number of thiocarbonyl (C=S) groups is 1. The number of hydrogen-bond donors (Lipinski definition) is 3. The Bertz CT molecular complexity index is 101. The van der Waals surface area contributed by atoms with Crippen molar-refractivity contribution in [1.82, 2.24) is 5.43 Å². The maximum Gasteiger partial charge on any atom is 0.177 e. The van der Waals surface area contributed by atoms with Gasteiger partial charge in [0.1, 0.15) is 0 Å². The van der Waals surface area contributed by atoms with Crippen LogP contribution < -0.4 is 17.0 Å². The van der Waals surface area contributed by atoms with Gasteiger partial charge < -0.3 is 11.2 Å². The van der Waals surface area contributed by atoms with E-state index in [2.05, 4.69) is 18.1 Å². The van der Waals surface area contributed by atoms with Crippen LogP contribution in [0.4, 0.5) is 0 Å². The molecule has 0 saturated carbocycles. The molecule has 0 rings (SSSR count). The summed E-state index contributed by atoms with van der Waals surface area (Å²) in [6.45, 7) is 0. The molecule has 0 aliphatic rings. The first kappa shape index (κ1) is 11.6. The lowest BCUT2D eigenvalue weighted by atomic mass is 11.2. The first-order chi connectivity index (χ1) is 4.00. The van der Waals surface area contributed by atoms with Crippen LogP contribution in [0, 0.1) is 0 Å². The van der Waals surface area contributed by atoms with E-state index in [1.54, 1.807) is 12.5 Å². The van der Waals surface area contributed by atoms with Crippen LogP contribution in [0.3, 0.4) is 0 Å². The summed E-state index contributed by atoms with van der Waals surface area (Å²) in [5.74, 6) is 4.66. The van der Waals surface area contributed by atoms with E-state index in [0.717, 1.165) is 0 Å². The molecule has 0 aromatic carbocycles. The van der Waals surface area contributed by atoms with Crippen molar-refractivity contribution in [3.05, 3.63) is 0 Å². The van der Waals surface area contributed by atoms with Gasteiger partial charge in [-0.1, -0.05) is 0 Å². The zero-order chi connectivity index (χ0) is 7.86. The zero-order valence-corrected chi connectivity index (χ0v) is 7.01. The van der Waals surface area contributed by atoms with Crippen molar-refractivity contribution < 1.29 is 4.21 Å². The Kier molecular flexibility index (Phi) is 10.0. The van der Waals surface area contributed by atoms with Crippen LogP contribution in [0.25, 0.3) is 0 Å².